The van der Waals surface area contributed by atoms with Crippen LogP contribution in [-0.2, 0) is 11.3 Å². The molecule has 5 rings (SSSR count). The van der Waals surface area contributed by atoms with Crippen LogP contribution in [0.25, 0.3) is 11.3 Å². The van der Waals surface area contributed by atoms with Gasteiger partial charge in [0.1, 0.15) is 17.9 Å². The third-order valence-electron chi connectivity index (χ3n) is 7.79. The topological polar surface area (TPSA) is 180 Å². The van der Waals surface area contributed by atoms with Gasteiger partial charge < -0.3 is 36.5 Å². The van der Waals surface area contributed by atoms with Crippen LogP contribution in [-0.4, -0.2) is 98.8 Å². The van der Waals surface area contributed by atoms with Crippen molar-refractivity contribution >= 4 is 41.3 Å². The number of amidine groups is 1. The first kappa shape index (κ1) is 30.4. The van der Waals surface area contributed by atoms with E-state index in [-0.39, 0.29) is 29.3 Å². The average molecular weight is 607 g/mol. The van der Waals surface area contributed by atoms with Gasteiger partial charge >= 0.3 is 0 Å². The molecule has 2 aliphatic heterocycles. The molecule has 0 bridgehead atoms. The Balaban J connectivity index is 1.29. The van der Waals surface area contributed by atoms with E-state index in [0.29, 0.717) is 29.1 Å². The number of nitrogens with two attached hydrogens (primary N) is 1. The number of rotatable bonds is 9. The van der Waals surface area contributed by atoms with Gasteiger partial charge in [0.15, 0.2) is 0 Å². The molecule has 1 aromatic carbocycles. The van der Waals surface area contributed by atoms with E-state index in [1.807, 2.05) is 24.3 Å². The van der Waals surface area contributed by atoms with Gasteiger partial charge in [-0.2, -0.15) is 4.99 Å². The van der Waals surface area contributed by atoms with Gasteiger partial charge in [0.05, 0.1) is 47.5 Å². The van der Waals surface area contributed by atoms with E-state index < -0.39 is 18.3 Å². The minimum absolute atomic E-state index is 0.0513. The van der Waals surface area contributed by atoms with Crippen LogP contribution in [0, 0.1) is 5.41 Å². The van der Waals surface area contributed by atoms with Gasteiger partial charge in [-0.3, -0.25) is 9.69 Å². The molecule has 13 nitrogen and oxygen atoms in total. The molecule has 0 aliphatic carbocycles. The normalized spacial score (nSPS) is 19.1. The number of nitrogens with zero attached hydrogens (tertiary/aromatic N) is 7. The molecule has 2 aliphatic rings. The predicted octanol–water partition coefficient (Wildman–Crippen LogP) is 1.63. The molecule has 14 heteroatoms. The molecule has 1 fully saturated rings. The Bertz CT molecular complexity index is 1530. The summed E-state index contributed by atoms with van der Waals surface area (Å²) in [6.45, 7) is 5.33. The first-order valence-corrected chi connectivity index (χ1v) is 14.3. The Labute approximate surface area is 254 Å². The van der Waals surface area contributed by atoms with Crippen molar-refractivity contribution in [3.63, 3.8) is 0 Å². The smallest absolute Gasteiger partial charge is 0.251 e. The molecule has 43 heavy (non-hydrogen) atoms. The molecule has 0 radical (unpaired) electrons. The van der Waals surface area contributed by atoms with Gasteiger partial charge in [-0.15, -0.1) is 0 Å². The van der Waals surface area contributed by atoms with Crippen molar-refractivity contribution < 1.29 is 15.0 Å². The number of anilines is 1. The van der Waals surface area contributed by atoms with Crippen LogP contribution in [0.1, 0.15) is 36.0 Å². The SMILES string of the molecule is C[C@H](C(=O)N[C@H](CO)c1cccc(N2CCN(C)CC2)n1)N1Cc2ccc(-c3nc(N=C(N)C=N)ncc3Cl)cc2C1O. The van der Waals surface area contributed by atoms with Crippen LogP contribution in [0.5, 0.6) is 0 Å². The van der Waals surface area contributed by atoms with Crippen molar-refractivity contribution in [1.82, 2.24) is 30.1 Å². The van der Waals surface area contributed by atoms with Gasteiger partial charge in [0, 0.05) is 43.9 Å². The number of likely N-dealkylation sites (N-methyl/N-ethyl adjacent to an activating group) is 1. The highest BCUT2D eigenvalue weighted by atomic mass is 35.5. The van der Waals surface area contributed by atoms with E-state index in [1.165, 1.54) is 6.20 Å². The molecule has 2 aromatic heterocycles. The van der Waals surface area contributed by atoms with E-state index in [4.69, 9.17) is 27.7 Å². The molecule has 3 atom stereocenters. The molecule has 3 aromatic rings. The van der Waals surface area contributed by atoms with Gasteiger partial charge in [-0.05, 0) is 37.7 Å². The molecule has 0 spiro atoms. The molecule has 226 valence electrons. The summed E-state index contributed by atoms with van der Waals surface area (Å²) in [4.78, 5) is 36.6. The molecular formula is C29H35ClN10O3. The molecule has 1 amide bonds. The number of pyridine rings is 1. The number of fused-ring (bicyclic) bond motifs is 1. The maximum absolute atomic E-state index is 13.4. The van der Waals surface area contributed by atoms with E-state index in [9.17, 15) is 15.0 Å². The largest absolute Gasteiger partial charge is 0.394 e. The fraction of sp³-hybridized carbons (Fsp3) is 0.379. The van der Waals surface area contributed by atoms with Gasteiger partial charge in [0.25, 0.3) is 5.95 Å². The second-order valence-corrected chi connectivity index (χ2v) is 11.0. The highest BCUT2D eigenvalue weighted by Crippen LogP contribution is 2.37. The number of aromatic nitrogens is 3. The maximum atomic E-state index is 13.4. The second-order valence-electron chi connectivity index (χ2n) is 10.6. The molecule has 6 N–H and O–H groups in total. The lowest BCUT2D eigenvalue weighted by Crippen LogP contribution is -2.46. The monoisotopic (exact) mass is 606 g/mol. The third kappa shape index (κ3) is 6.65. The van der Waals surface area contributed by atoms with E-state index in [1.54, 1.807) is 24.0 Å². The van der Waals surface area contributed by atoms with Crippen LogP contribution >= 0.6 is 11.6 Å². The number of hydrogen-bond acceptors (Lipinski definition) is 11. The Morgan fingerprint density at radius 3 is 2.74 bits per heavy atom. The molecular weight excluding hydrogens is 572 g/mol. The summed E-state index contributed by atoms with van der Waals surface area (Å²) < 4.78 is 0. The summed E-state index contributed by atoms with van der Waals surface area (Å²) in [7, 11) is 2.09. The average Bonchev–Trinajstić information content (AvgIpc) is 3.35. The number of hydrogen-bond donors (Lipinski definition) is 5. The number of piperazine rings is 1. The summed E-state index contributed by atoms with van der Waals surface area (Å²) >= 11 is 6.38. The van der Waals surface area contributed by atoms with Crippen LogP contribution in [0.2, 0.25) is 5.02 Å². The zero-order valence-corrected chi connectivity index (χ0v) is 24.7. The van der Waals surface area contributed by atoms with Crippen LogP contribution in [0.4, 0.5) is 11.8 Å². The van der Waals surface area contributed by atoms with Crippen molar-refractivity contribution in [3.05, 3.63) is 64.4 Å². The van der Waals surface area contributed by atoms with E-state index in [0.717, 1.165) is 43.8 Å². The fourth-order valence-corrected chi connectivity index (χ4v) is 5.40. The highest BCUT2D eigenvalue weighted by Gasteiger charge is 2.36. The molecule has 1 saturated heterocycles. The van der Waals surface area contributed by atoms with Crippen molar-refractivity contribution in [2.75, 3.05) is 44.7 Å². The number of aliphatic hydroxyl groups is 2. The first-order valence-electron chi connectivity index (χ1n) is 13.9. The van der Waals surface area contributed by atoms with Crippen molar-refractivity contribution in [2.24, 2.45) is 10.7 Å². The fourth-order valence-electron chi connectivity index (χ4n) is 5.20. The number of aliphatic hydroxyl groups excluding tert-OH is 2. The lowest BCUT2D eigenvalue weighted by Gasteiger charge is -2.33. The summed E-state index contributed by atoms with van der Waals surface area (Å²) in [6.07, 6.45) is 1.23. The van der Waals surface area contributed by atoms with Crippen LogP contribution in [0.3, 0.4) is 0 Å². The van der Waals surface area contributed by atoms with Crippen molar-refractivity contribution in [2.45, 2.75) is 31.8 Å². The molecule has 1 unspecified atom stereocenters. The summed E-state index contributed by atoms with van der Waals surface area (Å²) in [5, 5.41) is 31.8. The predicted molar refractivity (Wildman–Crippen MR) is 164 cm³/mol. The lowest BCUT2D eigenvalue weighted by molar-refractivity contribution is -0.131. The first-order chi connectivity index (χ1) is 20.7. The summed E-state index contributed by atoms with van der Waals surface area (Å²) in [5.41, 5.74) is 8.67. The number of benzene rings is 1. The number of carbonyl (C=O) groups is 1. The Hall–Kier alpha value is -4.01. The maximum Gasteiger partial charge on any atom is 0.251 e. The second kappa shape index (κ2) is 13.1. The number of carbonyl (C=O) groups excluding carboxylic acids is 1. The van der Waals surface area contributed by atoms with Gasteiger partial charge in [-0.25, -0.2) is 15.0 Å². The van der Waals surface area contributed by atoms with Crippen molar-refractivity contribution in [1.29, 1.82) is 5.41 Å². The Morgan fingerprint density at radius 2 is 2.02 bits per heavy atom. The van der Waals surface area contributed by atoms with E-state index >= 15 is 0 Å². The lowest BCUT2D eigenvalue weighted by atomic mass is 10.0. The van der Waals surface area contributed by atoms with Crippen molar-refractivity contribution in [3.8, 4) is 11.3 Å². The van der Waals surface area contributed by atoms with Crippen LogP contribution in [0.15, 0.2) is 47.6 Å². The zero-order chi connectivity index (χ0) is 30.7. The number of halogens is 1. The van der Waals surface area contributed by atoms with Gasteiger partial charge in [0.2, 0.25) is 5.91 Å². The minimum atomic E-state index is -1.06. The van der Waals surface area contributed by atoms with E-state index in [2.05, 4.69) is 37.1 Å². The van der Waals surface area contributed by atoms with Crippen LogP contribution < -0.4 is 16.0 Å². The minimum Gasteiger partial charge on any atom is -0.394 e. The summed E-state index contributed by atoms with van der Waals surface area (Å²) in [5.74, 6) is 0.467. The number of amides is 1. The van der Waals surface area contributed by atoms with Gasteiger partial charge in [-0.1, -0.05) is 29.8 Å². The molecule has 0 saturated carbocycles. The zero-order valence-electron chi connectivity index (χ0n) is 24.0. The number of nitrogens with one attached hydrogen (secondary N) is 2. The Kier molecular flexibility index (Phi) is 9.28. The highest BCUT2D eigenvalue weighted by molar-refractivity contribution is 6.33. The molecule has 4 heterocycles. The third-order valence-corrected chi connectivity index (χ3v) is 8.07. The summed E-state index contributed by atoms with van der Waals surface area (Å²) in [6, 6.07) is 9.66. The Morgan fingerprint density at radius 1 is 1.26 bits per heavy atom. The standard InChI is InChI=1S/C29H35ClN10O3/c1-17(27(42)35-23(16-41)22-4-3-5-25(34-22)39-10-8-38(2)9-11-39)40-15-19-7-6-18(12-20(19)28(40)43)26-21(30)14-33-29(37-26)36-24(32)13-31/h3-7,12-14,17,23,28,31,41,43H,8-11,15-16H2,1-2H3,(H,35,42)(H2,32,33,36,37)/t17-,23-,28?/m1/s1. The quantitative estimate of drug-likeness (QED) is 0.177. The number of aliphatic imine (C=N–C) groups is 1.